The molecule has 1 amide bonds. The third-order valence-electron chi connectivity index (χ3n) is 9.14. The van der Waals surface area contributed by atoms with Crippen LogP contribution in [0.15, 0.2) is 72.9 Å². The van der Waals surface area contributed by atoms with Crippen molar-refractivity contribution in [3.63, 3.8) is 0 Å². The van der Waals surface area contributed by atoms with Gasteiger partial charge in [-0.15, -0.1) is 0 Å². The number of amides is 1. The number of nitrogens with zero attached hydrogens (tertiary/aromatic N) is 1. The second-order valence-electron chi connectivity index (χ2n) is 15.7. The lowest BCUT2D eigenvalue weighted by molar-refractivity contribution is -0.870. The van der Waals surface area contributed by atoms with Crippen LogP contribution in [-0.2, 0) is 18.4 Å². The number of phosphoric acid groups is 1. The zero-order valence-corrected chi connectivity index (χ0v) is 36.8. The fourth-order valence-corrected chi connectivity index (χ4v) is 6.41. The average molecular weight is 792 g/mol. The Kier molecular flexibility index (Phi) is 36.1. The van der Waals surface area contributed by atoms with E-state index in [1.165, 1.54) is 64.2 Å². The van der Waals surface area contributed by atoms with Crippen LogP contribution in [0, 0.1) is 0 Å². The van der Waals surface area contributed by atoms with Crippen LogP contribution >= 0.6 is 7.82 Å². The fourth-order valence-electron chi connectivity index (χ4n) is 5.67. The first-order valence-electron chi connectivity index (χ1n) is 21.8. The maximum Gasteiger partial charge on any atom is 0.472 e. The molecule has 3 atom stereocenters. The van der Waals surface area contributed by atoms with Crippen LogP contribution in [0.2, 0.25) is 0 Å². The summed E-state index contributed by atoms with van der Waals surface area (Å²) in [5.41, 5.74) is 0. The van der Waals surface area contributed by atoms with Crippen molar-refractivity contribution in [3.05, 3.63) is 72.9 Å². The standard InChI is InChI=1S/C46H83N2O6P/c1-6-8-10-12-14-16-18-20-22-24-26-28-30-32-34-36-38-40-46(50)47-44(43-54-55(51,52)53-42-41-48(3,4)5)45(49)39-37-35-33-31-29-27-25-23-21-19-17-15-13-11-9-7-2/h8,10,14,16,20-23,29,31,37,39,44-45,49H,6-7,9,11-13,15,17-19,24-28,30,32-36,38,40-43H2,1-5H3,(H-,47,50,51,52)/p+1/b10-8-,16-14-,22-20-,23-21+,31-29+,39-37+. The molecule has 0 saturated carbocycles. The number of nitrogens with one attached hydrogen (secondary N) is 1. The normalized spacial score (nSPS) is 15.1. The second kappa shape index (κ2) is 37.5. The minimum absolute atomic E-state index is 0.0479. The fraction of sp³-hybridized carbons (Fsp3) is 0.717. The van der Waals surface area contributed by atoms with Gasteiger partial charge in [0.25, 0.3) is 0 Å². The largest absolute Gasteiger partial charge is 0.472 e. The van der Waals surface area contributed by atoms with E-state index in [4.69, 9.17) is 9.05 Å². The van der Waals surface area contributed by atoms with Crippen molar-refractivity contribution in [1.82, 2.24) is 5.32 Å². The van der Waals surface area contributed by atoms with Crippen molar-refractivity contribution in [2.75, 3.05) is 40.9 Å². The molecule has 0 radical (unpaired) electrons. The van der Waals surface area contributed by atoms with Gasteiger partial charge >= 0.3 is 7.82 Å². The van der Waals surface area contributed by atoms with Gasteiger partial charge in [-0.05, 0) is 77.0 Å². The molecule has 318 valence electrons. The molecule has 3 N–H and O–H groups in total. The quantitative estimate of drug-likeness (QED) is 0.0249. The molecular weight excluding hydrogens is 707 g/mol. The van der Waals surface area contributed by atoms with Gasteiger partial charge in [0.15, 0.2) is 0 Å². The number of hydrogen-bond donors (Lipinski definition) is 3. The summed E-state index contributed by atoms with van der Waals surface area (Å²) in [5, 5.41) is 13.8. The third-order valence-corrected chi connectivity index (χ3v) is 10.1. The number of carbonyl (C=O) groups is 1. The van der Waals surface area contributed by atoms with E-state index < -0.39 is 20.0 Å². The topological polar surface area (TPSA) is 105 Å². The van der Waals surface area contributed by atoms with Crippen LogP contribution in [0.3, 0.4) is 0 Å². The minimum Gasteiger partial charge on any atom is -0.387 e. The van der Waals surface area contributed by atoms with Gasteiger partial charge in [0.2, 0.25) is 5.91 Å². The summed E-state index contributed by atoms with van der Waals surface area (Å²) >= 11 is 0. The van der Waals surface area contributed by atoms with E-state index in [2.05, 4.69) is 79.9 Å². The van der Waals surface area contributed by atoms with Gasteiger partial charge < -0.3 is 19.8 Å². The molecule has 8 nitrogen and oxygen atoms in total. The Morgan fingerprint density at radius 1 is 0.636 bits per heavy atom. The Balaban J connectivity index is 4.55. The summed E-state index contributed by atoms with van der Waals surface area (Å²) in [5.74, 6) is -0.206. The zero-order valence-electron chi connectivity index (χ0n) is 35.9. The van der Waals surface area contributed by atoms with Gasteiger partial charge in [0.1, 0.15) is 13.2 Å². The molecule has 0 rings (SSSR count). The van der Waals surface area contributed by atoms with Crippen molar-refractivity contribution in [1.29, 1.82) is 0 Å². The number of quaternary nitrogens is 1. The van der Waals surface area contributed by atoms with Crippen LogP contribution in [0.25, 0.3) is 0 Å². The van der Waals surface area contributed by atoms with E-state index in [-0.39, 0.29) is 19.1 Å². The van der Waals surface area contributed by atoms with E-state index in [1.54, 1.807) is 6.08 Å². The summed E-state index contributed by atoms with van der Waals surface area (Å²) in [7, 11) is 1.52. The first-order chi connectivity index (χ1) is 26.5. The lowest BCUT2D eigenvalue weighted by atomic mass is 10.1. The predicted octanol–water partition coefficient (Wildman–Crippen LogP) is 12.0. The van der Waals surface area contributed by atoms with Gasteiger partial charge in [-0.2, -0.15) is 0 Å². The van der Waals surface area contributed by atoms with E-state index >= 15 is 0 Å². The van der Waals surface area contributed by atoms with E-state index in [0.29, 0.717) is 17.4 Å². The van der Waals surface area contributed by atoms with Crippen LogP contribution in [0.4, 0.5) is 0 Å². The number of phosphoric ester groups is 1. The molecule has 0 aliphatic rings. The van der Waals surface area contributed by atoms with Crippen molar-refractivity contribution in [2.24, 2.45) is 0 Å². The highest BCUT2D eigenvalue weighted by atomic mass is 31.2. The van der Waals surface area contributed by atoms with Crippen LogP contribution < -0.4 is 5.32 Å². The highest BCUT2D eigenvalue weighted by Crippen LogP contribution is 2.43. The lowest BCUT2D eigenvalue weighted by Gasteiger charge is -2.25. The lowest BCUT2D eigenvalue weighted by Crippen LogP contribution is -2.45. The van der Waals surface area contributed by atoms with Gasteiger partial charge in [0, 0.05) is 6.42 Å². The van der Waals surface area contributed by atoms with Crippen LogP contribution in [0.5, 0.6) is 0 Å². The highest BCUT2D eigenvalue weighted by molar-refractivity contribution is 7.47. The third kappa shape index (κ3) is 40.0. The first-order valence-corrected chi connectivity index (χ1v) is 23.3. The van der Waals surface area contributed by atoms with Crippen molar-refractivity contribution < 1.29 is 32.9 Å². The van der Waals surface area contributed by atoms with Crippen molar-refractivity contribution in [2.45, 2.75) is 174 Å². The number of likely N-dealkylation sites (N-methyl/N-ethyl adjacent to an activating group) is 1. The summed E-state index contributed by atoms with van der Waals surface area (Å²) in [6, 6.07) is -0.877. The highest BCUT2D eigenvalue weighted by Gasteiger charge is 2.27. The first kappa shape index (κ1) is 52.9. The molecule has 0 aliphatic carbocycles. The number of hydrogen-bond acceptors (Lipinski definition) is 5. The zero-order chi connectivity index (χ0) is 40.7. The van der Waals surface area contributed by atoms with Gasteiger partial charge in [-0.3, -0.25) is 13.8 Å². The molecule has 3 unspecified atom stereocenters. The smallest absolute Gasteiger partial charge is 0.387 e. The molecule has 0 aliphatic heterocycles. The van der Waals surface area contributed by atoms with E-state index in [0.717, 1.165) is 77.0 Å². The number of aliphatic hydroxyl groups is 1. The molecule has 0 spiro atoms. The Hall–Kier alpha value is -2.06. The Morgan fingerprint density at radius 2 is 1.11 bits per heavy atom. The predicted molar refractivity (Wildman–Crippen MR) is 235 cm³/mol. The van der Waals surface area contributed by atoms with E-state index in [1.807, 2.05) is 27.2 Å². The molecule has 9 heteroatoms. The number of unbranched alkanes of at least 4 members (excludes halogenated alkanes) is 15. The summed E-state index contributed by atoms with van der Waals surface area (Å²) in [6.07, 6.45) is 49.7. The summed E-state index contributed by atoms with van der Waals surface area (Å²) < 4.78 is 23.5. The number of aliphatic hydroxyl groups excluding tert-OH is 1. The number of allylic oxidation sites excluding steroid dienone is 11. The summed E-state index contributed by atoms with van der Waals surface area (Å²) in [6.45, 7) is 4.63. The molecule has 0 saturated heterocycles. The Labute approximate surface area is 338 Å². The molecule has 0 aromatic carbocycles. The molecule has 0 fully saturated rings. The molecular formula is C46H84N2O6P+. The Bertz CT molecular complexity index is 1120. The maximum atomic E-state index is 12.9. The molecule has 0 heterocycles. The van der Waals surface area contributed by atoms with Crippen LogP contribution in [-0.4, -0.2) is 73.4 Å². The average Bonchev–Trinajstić information content (AvgIpc) is 3.13. The summed E-state index contributed by atoms with van der Waals surface area (Å²) in [4.78, 5) is 23.1. The Morgan fingerprint density at radius 3 is 1.67 bits per heavy atom. The van der Waals surface area contributed by atoms with Gasteiger partial charge in [-0.25, -0.2) is 4.57 Å². The SMILES string of the molecule is CC/C=C\C/C=C\C/C=C\CCCCCCCCCC(=O)NC(COP(=O)(O)OCC[N+](C)(C)C)C(O)/C=C/CC/C=C/CC/C=C/CCCCCCCC. The number of rotatable bonds is 38. The van der Waals surface area contributed by atoms with E-state index in [9.17, 15) is 19.4 Å². The van der Waals surface area contributed by atoms with Crippen molar-refractivity contribution >= 4 is 13.7 Å². The molecule has 55 heavy (non-hydrogen) atoms. The molecule has 0 aromatic heterocycles. The maximum absolute atomic E-state index is 12.9. The molecule has 0 bridgehead atoms. The van der Waals surface area contributed by atoms with Gasteiger partial charge in [0.05, 0.1) is 39.9 Å². The minimum atomic E-state index is -4.35. The van der Waals surface area contributed by atoms with Gasteiger partial charge in [-0.1, -0.05) is 151 Å². The molecule has 0 aromatic rings. The monoisotopic (exact) mass is 792 g/mol. The van der Waals surface area contributed by atoms with Crippen molar-refractivity contribution in [3.8, 4) is 0 Å². The van der Waals surface area contributed by atoms with Crippen LogP contribution in [0.1, 0.15) is 162 Å². The number of carbonyl (C=O) groups excluding carboxylic acids is 1. The second-order valence-corrected chi connectivity index (χ2v) is 17.1.